The van der Waals surface area contributed by atoms with Gasteiger partial charge in [-0.2, -0.15) is 0 Å². The van der Waals surface area contributed by atoms with Gasteiger partial charge in [-0.3, -0.25) is 0 Å². The molecule has 0 fully saturated rings. The fourth-order valence-electron chi connectivity index (χ4n) is 1.78. The van der Waals surface area contributed by atoms with Gasteiger partial charge in [0.1, 0.15) is 0 Å². The molecule has 0 heterocycles. The van der Waals surface area contributed by atoms with Gasteiger partial charge >= 0.3 is 0 Å². The third kappa shape index (κ3) is 7.34. The Morgan fingerprint density at radius 1 is 1.07 bits per heavy atom. The molecule has 86 valence electrons. The van der Waals surface area contributed by atoms with Crippen molar-refractivity contribution in [3.05, 3.63) is 0 Å². The first-order chi connectivity index (χ1) is 6.60. The van der Waals surface area contributed by atoms with Gasteiger partial charge in [-0.25, -0.2) is 0 Å². The van der Waals surface area contributed by atoms with Crippen molar-refractivity contribution in [2.45, 2.75) is 53.1 Å². The Bertz CT molecular complexity index is 121. The summed E-state index contributed by atoms with van der Waals surface area (Å²) in [6.07, 6.45) is 3.25. The fourth-order valence-corrected chi connectivity index (χ4v) is 1.78. The van der Waals surface area contributed by atoms with Crippen molar-refractivity contribution in [3.63, 3.8) is 0 Å². The van der Waals surface area contributed by atoms with E-state index in [4.69, 9.17) is 0 Å². The van der Waals surface area contributed by atoms with Crippen LogP contribution in [0.4, 0.5) is 0 Å². The van der Waals surface area contributed by atoms with Gasteiger partial charge in [0.15, 0.2) is 0 Å². The predicted molar refractivity (Wildman–Crippen MR) is 62.4 cm³/mol. The van der Waals surface area contributed by atoms with E-state index >= 15 is 0 Å². The molecule has 0 aliphatic rings. The van der Waals surface area contributed by atoms with Crippen LogP contribution in [0, 0.1) is 11.8 Å². The van der Waals surface area contributed by atoms with E-state index in [9.17, 15) is 5.11 Å². The van der Waals surface area contributed by atoms with Crippen LogP contribution in [0.1, 0.15) is 47.0 Å². The van der Waals surface area contributed by atoms with Gasteiger partial charge in [0.05, 0.1) is 6.10 Å². The summed E-state index contributed by atoms with van der Waals surface area (Å²) in [5.41, 5.74) is 0. The van der Waals surface area contributed by atoms with Crippen LogP contribution in [0.2, 0.25) is 0 Å². The average Bonchev–Trinajstić information content (AvgIpc) is 2.11. The Balaban J connectivity index is 3.42. The molecule has 2 unspecified atom stereocenters. The molecular weight excluding hydrogens is 174 g/mol. The highest BCUT2D eigenvalue weighted by atomic mass is 16.3. The molecule has 0 radical (unpaired) electrons. The van der Waals surface area contributed by atoms with Crippen molar-refractivity contribution in [2.24, 2.45) is 11.8 Å². The van der Waals surface area contributed by atoms with E-state index in [2.05, 4.69) is 26.1 Å². The lowest BCUT2D eigenvalue weighted by molar-refractivity contribution is 0.163. The maximum absolute atomic E-state index is 9.20. The molecule has 0 bridgehead atoms. The smallest absolute Gasteiger partial charge is 0.0515 e. The first-order valence-corrected chi connectivity index (χ1v) is 5.98. The molecule has 0 saturated heterocycles. The van der Waals surface area contributed by atoms with Gasteiger partial charge in [0.2, 0.25) is 0 Å². The lowest BCUT2D eigenvalue weighted by atomic mass is 10.0. The van der Waals surface area contributed by atoms with Crippen LogP contribution in [0.3, 0.4) is 0 Å². The molecule has 0 aliphatic carbocycles. The molecule has 0 amide bonds. The molecule has 0 rings (SSSR count). The molecule has 0 aromatic rings. The summed E-state index contributed by atoms with van der Waals surface area (Å²) in [7, 11) is 0. The second-order valence-corrected chi connectivity index (χ2v) is 4.53. The summed E-state index contributed by atoms with van der Waals surface area (Å²) in [5.74, 6) is 1.39. The summed E-state index contributed by atoms with van der Waals surface area (Å²) >= 11 is 0. The Kier molecular flexibility index (Phi) is 8.20. The second-order valence-electron chi connectivity index (χ2n) is 4.53. The van der Waals surface area contributed by atoms with Crippen molar-refractivity contribution in [1.29, 1.82) is 0 Å². The third-order valence-electron chi connectivity index (χ3n) is 2.82. The van der Waals surface area contributed by atoms with Crippen LogP contribution in [-0.4, -0.2) is 24.3 Å². The molecule has 0 aliphatic heterocycles. The Hall–Kier alpha value is -0.0800. The highest BCUT2D eigenvalue weighted by Crippen LogP contribution is 2.07. The highest BCUT2D eigenvalue weighted by Gasteiger charge is 2.07. The van der Waals surface area contributed by atoms with Crippen molar-refractivity contribution in [2.75, 3.05) is 13.1 Å². The topological polar surface area (TPSA) is 32.3 Å². The van der Waals surface area contributed by atoms with E-state index in [1.165, 1.54) is 12.8 Å². The zero-order valence-electron chi connectivity index (χ0n) is 10.2. The summed E-state index contributed by atoms with van der Waals surface area (Å²) in [5, 5.41) is 12.7. The lowest BCUT2D eigenvalue weighted by Crippen LogP contribution is -2.28. The van der Waals surface area contributed by atoms with E-state index in [-0.39, 0.29) is 6.10 Å². The number of nitrogens with one attached hydrogen (secondary N) is 1. The first kappa shape index (κ1) is 13.9. The Morgan fingerprint density at radius 3 is 2.07 bits per heavy atom. The minimum absolute atomic E-state index is 0.167. The van der Waals surface area contributed by atoms with Crippen LogP contribution in [0.5, 0.6) is 0 Å². The molecule has 0 aromatic carbocycles. The van der Waals surface area contributed by atoms with Crippen LogP contribution in [0.25, 0.3) is 0 Å². The first-order valence-electron chi connectivity index (χ1n) is 5.98. The van der Waals surface area contributed by atoms with E-state index in [0.717, 1.165) is 25.4 Å². The van der Waals surface area contributed by atoms with E-state index in [1.807, 2.05) is 6.92 Å². The minimum atomic E-state index is -0.167. The van der Waals surface area contributed by atoms with Crippen LogP contribution < -0.4 is 5.32 Å². The van der Waals surface area contributed by atoms with Crippen molar-refractivity contribution in [1.82, 2.24) is 5.32 Å². The second kappa shape index (κ2) is 8.25. The lowest BCUT2D eigenvalue weighted by Gasteiger charge is -2.17. The molecule has 0 saturated carbocycles. The molecule has 2 atom stereocenters. The fraction of sp³-hybridized carbons (Fsp3) is 1.00. The monoisotopic (exact) mass is 201 g/mol. The quantitative estimate of drug-likeness (QED) is 0.632. The average molecular weight is 201 g/mol. The van der Waals surface area contributed by atoms with Gasteiger partial charge in [-0.1, -0.05) is 33.6 Å². The van der Waals surface area contributed by atoms with Crippen molar-refractivity contribution >= 4 is 0 Å². The molecule has 0 aromatic heterocycles. The Morgan fingerprint density at radius 2 is 1.64 bits per heavy atom. The zero-order chi connectivity index (χ0) is 11.0. The maximum Gasteiger partial charge on any atom is 0.0515 e. The van der Waals surface area contributed by atoms with Gasteiger partial charge in [-0.15, -0.1) is 0 Å². The van der Waals surface area contributed by atoms with Gasteiger partial charge in [0, 0.05) is 0 Å². The largest absolute Gasteiger partial charge is 0.393 e. The summed E-state index contributed by atoms with van der Waals surface area (Å²) in [4.78, 5) is 0. The molecule has 2 nitrogen and oxygen atoms in total. The summed E-state index contributed by atoms with van der Waals surface area (Å²) in [6, 6.07) is 0. The van der Waals surface area contributed by atoms with Crippen LogP contribution >= 0.6 is 0 Å². The van der Waals surface area contributed by atoms with Crippen molar-refractivity contribution < 1.29 is 5.11 Å². The molecule has 14 heavy (non-hydrogen) atoms. The number of rotatable bonds is 8. The standard InChI is InChI=1S/C12H27NO/c1-5-12(6-2)9-13-8-10(3)7-11(4)14/h10-14H,5-9H2,1-4H3. The van der Waals surface area contributed by atoms with Gasteiger partial charge in [0.25, 0.3) is 0 Å². The van der Waals surface area contributed by atoms with Gasteiger partial charge in [-0.05, 0) is 38.3 Å². The van der Waals surface area contributed by atoms with Crippen LogP contribution in [0.15, 0.2) is 0 Å². The van der Waals surface area contributed by atoms with Crippen LogP contribution in [-0.2, 0) is 0 Å². The number of aliphatic hydroxyl groups excluding tert-OH is 1. The number of aliphatic hydroxyl groups is 1. The van der Waals surface area contributed by atoms with Gasteiger partial charge < -0.3 is 10.4 Å². The maximum atomic E-state index is 9.20. The summed E-state index contributed by atoms with van der Waals surface area (Å²) in [6.45, 7) is 10.7. The number of hydrogen-bond donors (Lipinski definition) is 2. The molecule has 2 heteroatoms. The molecule has 0 spiro atoms. The van der Waals surface area contributed by atoms with E-state index in [1.54, 1.807) is 0 Å². The zero-order valence-corrected chi connectivity index (χ0v) is 10.2. The molecular formula is C12H27NO. The SMILES string of the molecule is CCC(CC)CNCC(C)CC(C)O. The third-order valence-corrected chi connectivity index (χ3v) is 2.82. The number of hydrogen-bond acceptors (Lipinski definition) is 2. The van der Waals surface area contributed by atoms with E-state index in [0.29, 0.717) is 5.92 Å². The van der Waals surface area contributed by atoms with E-state index < -0.39 is 0 Å². The normalized spacial score (nSPS) is 15.9. The molecule has 2 N–H and O–H groups in total. The summed E-state index contributed by atoms with van der Waals surface area (Å²) < 4.78 is 0. The minimum Gasteiger partial charge on any atom is -0.393 e. The van der Waals surface area contributed by atoms with Crippen molar-refractivity contribution in [3.8, 4) is 0 Å². The predicted octanol–water partition coefficient (Wildman–Crippen LogP) is 2.42. The Labute approximate surface area is 89.1 Å². The highest BCUT2D eigenvalue weighted by molar-refractivity contribution is 4.63.